The maximum Gasteiger partial charge on any atom is 0.286 e. The Labute approximate surface area is 183 Å². The van der Waals surface area contributed by atoms with Crippen LogP contribution in [0.1, 0.15) is 23.6 Å². The van der Waals surface area contributed by atoms with Gasteiger partial charge in [0.25, 0.3) is 5.91 Å². The van der Waals surface area contributed by atoms with Crippen molar-refractivity contribution < 1.29 is 23.5 Å². The standard InChI is InChI=1S/C23H21FN2O4S/c1-4-6-17-9-16(12-20-22(28)26-23(31-20)25-14(2)27)11-19(29-3)21(17)30-13-15-7-5-8-18(24)10-15/h4-5,7-12H,1,6,13H2,2-3H3,(H,25,26,27,28)/b20-12+. The Bertz CT molecular complexity index is 1090. The molecule has 2 aromatic rings. The minimum absolute atomic E-state index is 0.168. The van der Waals surface area contributed by atoms with Crippen LogP contribution in [0.15, 0.2) is 59.0 Å². The fourth-order valence-corrected chi connectivity index (χ4v) is 3.80. The molecule has 0 saturated carbocycles. The van der Waals surface area contributed by atoms with E-state index in [0.29, 0.717) is 34.0 Å². The van der Waals surface area contributed by atoms with Crippen molar-refractivity contribution in [1.29, 1.82) is 0 Å². The molecule has 0 atom stereocenters. The zero-order chi connectivity index (χ0) is 22.4. The monoisotopic (exact) mass is 440 g/mol. The minimum atomic E-state index is -0.426. The smallest absolute Gasteiger partial charge is 0.286 e. The molecule has 0 spiro atoms. The number of carbonyl (C=O) groups excluding carboxylic acids is 2. The molecule has 1 aliphatic heterocycles. The van der Waals surface area contributed by atoms with E-state index in [1.165, 1.54) is 26.2 Å². The lowest BCUT2D eigenvalue weighted by atomic mass is 10.0. The van der Waals surface area contributed by atoms with E-state index in [0.717, 1.165) is 17.3 Å². The maximum atomic E-state index is 13.5. The zero-order valence-electron chi connectivity index (χ0n) is 17.1. The summed E-state index contributed by atoms with van der Waals surface area (Å²) in [5.74, 6) is -0.0594. The van der Waals surface area contributed by atoms with Gasteiger partial charge in [0, 0.05) is 12.5 Å². The molecule has 0 aliphatic carbocycles. The predicted molar refractivity (Wildman–Crippen MR) is 119 cm³/mol. The fraction of sp³-hybridized carbons (Fsp3) is 0.174. The number of thioether (sulfide) groups is 1. The normalized spacial score (nSPS) is 14.4. The first kappa shape index (κ1) is 22.3. The molecule has 0 aromatic heterocycles. The lowest BCUT2D eigenvalue weighted by molar-refractivity contribution is -0.117. The number of ether oxygens (including phenoxy) is 2. The van der Waals surface area contributed by atoms with Crippen molar-refractivity contribution in [3.05, 3.63) is 76.5 Å². The third kappa shape index (κ3) is 5.82. The van der Waals surface area contributed by atoms with Crippen molar-refractivity contribution in [3.63, 3.8) is 0 Å². The molecule has 0 fully saturated rings. The summed E-state index contributed by atoms with van der Waals surface area (Å²) in [7, 11) is 1.52. The summed E-state index contributed by atoms with van der Waals surface area (Å²) < 4.78 is 24.9. The molecular formula is C23H21FN2O4S. The summed E-state index contributed by atoms with van der Waals surface area (Å²) in [6, 6.07) is 9.79. The molecule has 1 N–H and O–H groups in total. The number of nitrogens with one attached hydrogen (secondary N) is 1. The maximum absolute atomic E-state index is 13.5. The van der Waals surface area contributed by atoms with Crippen LogP contribution in [0.4, 0.5) is 4.39 Å². The third-order valence-corrected chi connectivity index (χ3v) is 5.11. The highest BCUT2D eigenvalue weighted by molar-refractivity contribution is 8.18. The van der Waals surface area contributed by atoms with Gasteiger partial charge in [-0.3, -0.25) is 9.59 Å². The average molecular weight is 440 g/mol. The zero-order valence-corrected chi connectivity index (χ0v) is 17.9. The van der Waals surface area contributed by atoms with E-state index in [2.05, 4.69) is 16.9 Å². The Balaban J connectivity index is 1.88. The van der Waals surface area contributed by atoms with Gasteiger partial charge in [-0.25, -0.2) is 4.39 Å². The molecule has 0 radical (unpaired) electrons. The fourth-order valence-electron chi connectivity index (χ4n) is 2.94. The number of benzene rings is 2. The van der Waals surface area contributed by atoms with Crippen molar-refractivity contribution in [3.8, 4) is 11.5 Å². The first-order chi connectivity index (χ1) is 14.9. The average Bonchev–Trinajstić information content (AvgIpc) is 3.05. The van der Waals surface area contributed by atoms with Gasteiger partial charge in [-0.2, -0.15) is 4.99 Å². The number of amides is 2. The molecule has 160 valence electrons. The number of allylic oxidation sites excluding steroid dienone is 1. The highest BCUT2D eigenvalue weighted by atomic mass is 32.2. The molecule has 0 unspecified atom stereocenters. The van der Waals surface area contributed by atoms with Crippen LogP contribution in [0, 0.1) is 5.82 Å². The van der Waals surface area contributed by atoms with Crippen LogP contribution in [0.5, 0.6) is 11.5 Å². The molecule has 1 heterocycles. The number of hydrogen-bond donors (Lipinski definition) is 1. The third-order valence-electron chi connectivity index (χ3n) is 4.21. The predicted octanol–water partition coefficient (Wildman–Crippen LogP) is 4.25. The van der Waals surface area contributed by atoms with E-state index in [1.807, 2.05) is 6.07 Å². The first-order valence-corrected chi connectivity index (χ1v) is 10.2. The Hall–Kier alpha value is -3.39. The number of carbonyl (C=O) groups is 2. The van der Waals surface area contributed by atoms with E-state index >= 15 is 0 Å². The highest BCUT2D eigenvalue weighted by Gasteiger charge is 2.23. The lowest BCUT2D eigenvalue weighted by Crippen LogP contribution is -2.23. The molecule has 0 saturated heterocycles. The number of methoxy groups -OCH3 is 1. The molecule has 31 heavy (non-hydrogen) atoms. The van der Waals surface area contributed by atoms with Crippen LogP contribution >= 0.6 is 11.8 Å². The second kappa shape index (κ2) is 10.1. The molecule has 2 aromatic carbocycles. The van der Waals surface area contributed by atoms with Gasteiger partial charge in [0.15, 0.2) is 16.7 Å². The van der Waals surface area contributed by atoms with Crippen molar-refractivity contribution in [2.24, 2.45) is 4.99 Å². The number of hydrogen-bond acceptors (Lipinski definition) is 5. The number of amidine groups is 1. The summed E-state index contributed by atoms with van der Waals surface area (Å²) in [5.41, 5.74) is 2.20. The Kier molecular flexibility index (Phi) is 7.25. The second-order valence-electron chi connectivity index (χ2n) is 6.64. The van der Waals surface area contributed by atoms with Crippen molar-refractivity contribution >= 4 is 34.8 Å². The van der Waals surface area contributed by atoms with Crippen LogP contribution in [-0.4, -0.2) is 24.1 Å². The van der Waals surface area contributed by atoms with E-state index in [9.17, 15) is 14.0 Å². The molecule has 6 nitrogen and oxygen atoms in total. The van der Waals surface area contributed by atoms with Gasteiger partial charge in [0.1, 0.15) is 12.4 Å². The molecule has 0 bridgehead atoms. The summed E-state index contributed by atoms with van der Waals surface area (Å²) in [6.45, 7) is 5.31. The summed E-state index contributed by atoms with van der Waals surface area (Å²) >= 11 is 1.09. The topological polar surface area (TPSA) is 77.0 Å². The highest BCUT2D eigenvalue weighted by Crippen LogP contribution is 2.36. The number of halogens is 1. The van der Waals surface area contributed by atoms with Crippen LogP contribution in [0.25, 0.3) is 6.08 Å². The summed E-state index contributed by atoms with van der Waals surface area (Å²) in [4.78, 5) is 27.6. The lowest BCUT2D eigenvalue weighted by Gasteiger charge is -2.16. The minimum Gasteiger partial charge on any atom is -0.493 e. The van der Waals surface area contributed by atoms with Gasteiger partial charge in [-0.1, -0.05) is 18.2 Å². The van der Waals surface area contributed by atoms with E-state index in [1.54, 1.807) is 30.4 Å². The van der Waals surface area contributed by atoms with Gasteiger partial charge >= 0.3 is 0 Å². The summed E-state index contributed by atoms with van der Waals surface area (Å²) in [5, 5.41) is 2.76. The molecule has 1 aliphatic rings. The van der Waals surface area contributed by atoms with Gasteiger partial charge in [0.2, 0.25) is 5.91 Å². The second-order valence-corrected chi connectivity index (χ2v) is 7.67. The van der Waals surface area contributed by atoms with Crippen LogP contribution < -0.4 is 14.8 Å². The Morgan fingerprint density at radius 3 is 2.81 bits per heavy atom. The number of nitrogens with zero attached hydrogens (tertiary/aromatic N) is 1. The van der Waals surface area contributed by atoms with Gasteiger partial charge in [0.05, 0.1) is 12.0 Å². The van der Waals surface area contributed by atoms with Crippen LogP contribution in [0.3, 0.4) is 0 Å². The number of aliphatic imine (C=N–C) groups is 1. The molecule has 8 heteroatoms. The van der Waals surface area contributed by atoms with E-state index < -0.39 is 5.91 Å². The summed E-state index contributed by atoms with van der Waals surface area (Å²) in [6.07, 6.45) is 3.91. The Morgan fingerprint density at radius 1 is 1.32 bits per heavy atom. The molecule has 3 rings (SSSR count). The molecule has 2 amide bonds. The van der Waals surface area contributed by atoms with Crippen molar-refractivity contribution in [2.75, 3.05) is 7.11 Å². The van der Waals surface area contributed by atoms with Crippen LogP contribution in [-0.2, 0) is 22.6 Å². The van der Waals surface area contributed by atoms with E-state index in [-0.39, 0.29) is 23.5 Å². The van der Waals surface area contributed by atoms with Crippen LogP contribution in [0.2, 0.25) is 0 Å². The van der Waals surface area contributed by atoms with Crippen molar-refractivity contribution in [2.45, 2.75) is 20.0 Å². The van der Waals surface area contributed by atoms with Gasteiger partial charge in [-0.05, 0) is 59.7 Å². The van der Waals surface area contributed by atoms with Gasteiger partial charge in [-0.15, -0.1) is 6.58 Å². The Morgan fingerprint density at radius 2 is 2.13 bits per heavy atom. The quantitative estimate of drug-likeness (QED) is 0.515. The van der Waals surface area contributed by atoms with Gasteiger partial charge < -0.3 is 14.8 Å². The largest absolute Gasteiger partial charge is 0.493 e. The van der Waals surface area contributed by atoms with E-state index in [4.69, 9.17) is 9.47 Å². The van der Waals surface area contributed by atoms with Crippen molar-refractivity contribution in [1.82, 2.24) is 5.32 Å². The number of rotatable bonds is 7. The first-order valence-electron chi connectivity index (χ1n) is 9.38. The molecular weight excluding hydrogens is 419 g/mol. The SMILES string of the molecule is C=CCc1cc(/C=C2/SC(NC(C)=O)=NC2=O)cc(OC)c1OCc1cccc(F)c1.